The number of carbonyl (C=O) groups is 1. The zero-order valence-corrected chi connectivity index (χ0v) is 16.1. The number of nitrogens with zero attached hydrogens (tertiary/aromatic N) is 2. The molecule has 4 aromatic rings. The summed E-state index contributed by atoms with van der Waals surface area (Å²) in [6.07, 6.45) is 0. The number of nitrogens with one attached hydrogen (secondary N) is 2. The Morgan fingerprint density at radius 3 is 2.30 bits per heavy atom. The van der Waals surface area contributed by atoms with Crippen molar-refractivity contribution in [1.82, 2.24) is 10.2 Å². The van der Waals surface area contributed by atoms with Crippen molar-refractivity contribution < 1.29 is 13.9 Å². The molecule has 30 heavy (non-hydrogen) atoms. The zero-order chi connectivity index (χ0) is 20.6. The predicted octanol–water partition coefficient (Wildman–Crippen LogP) is 4.37. The van der Waals surface area contributed by atoms with Crippen molar-refractivity contribution in [2.75, 3.05) is 17.2 Å². The number of para-hydroxylation sites is 1. The normalized spacial score (nSPS) is 10.4. The molecule has 0 spiro atoms. The van der Waals surface area contributed by atoms with Crippen LogP contribution in [0.25, 0.3) is 11.5 Å². The maximum Gasteiger partial charge on any atom is 0.322 e. The van der Waals surface area contributed by atoms with Gasteiger partial charge in [0.1, 0.15) is 12.4 Å². The Labute approximate surface area is 173 Å². The van der Waals surface area contributed by atoms with Crippen LogP contribution in [0.4, 0.5) is 11.7 Å². The molecule has 1 heterocycles. The minimum absolute atomic E-state index is 0.0502. The first kappa shape index (κ1) is 19.2. The summed E-state index contributed by atoms with van der Waals surface area (Å²) in [5.41, 5.74) is 2.69. The summed E-state index contributed by atoms with van der Waals surface area (Å²) in [6, 6.07) is 26.8. The van der Waals surface area contributed by atoms with Crippen LogP contribution in [0, 0.1) is 0 Å². The van der Waals surface area contributed by atoms with Crippen LogP contribution >= 0.6 is 0 Å². The summed E-state index contributed by atoms with van der Waals surface area (Å²) in [4.78, 5) is 12.0. The fourth-order valence-electron chi connectivity index (χ4n) is 2.73. The van der Waals surface area contributed by atoms with Crippen molar-refractivity contribution >= 4 is 17.6 Å². The molecule has 1 amide bonds. The smallest absolute Gasteiger partial charge is 0.322 e. The van der Waals surface area contributed by atoms with Crippen molar-refractivity contribution in [1.29, 1.82) is 0 Å². The maximum atomic E-state index is 12.0. The first-order valence-electron chi connectivity index (χ1n) is 9.46. The lowest BCUT2D eigenvalue weighted by Gasteiger charge is -2.06. The van der Waals surface area contributed by atoms with Gasteiger partial charge in [-0.25, -0.2) is 0 Å². The largest absolute Gasteiger partial charge is 0.489 e. The van der Waals surface area contributed by atoms with Gasteiger partial charge in [0.25, 0.3) is 0 Å². The Hall–Kier alpha value is -4.13. The van der Waals surface area contributed by atoms with Crippen LogP contribution in [-0.2, 0) is 11.4 Å². The van der Waals surface area contributed by atoms with Gasteiger partial charge in [0.05, 0.1) is 6.54 Å². The van der Waals surface area contributed by atoms with E-state index in [2.05, 4.69) is 20.8 Å². The minimum Gasteiger partial charge on any atom is -0.489 e. The first-order chi connectivity index (χ1) is 14.8. The van der Waals surface area contributed by atoms with Gasteiger partial charge in [-0.05, 0) is 42.0 Å². The number of rotatable bonds is 8. The molecule has 3 aromatic carbocycles. The standard InChI is InChI=1S/C23H20N4O3/c28-21(15-24-19-9-5-2-6-10-19)25-23-27-26-22(30-23)18-11-13-20(14-12-18)29-16-17-7-3-1-4-8-17/h1-14,24H,15-16H2,(H,25,27,28). The summed E-state index contributed by atoms with van der Waals surface area (Å²) >= 11 is 0. The Morgan fingerprint density at radius 1 is 0.867 bits per heavy atom. The van der Waals surface area contributed by atoms with E-state index in [1.807, 2.05) is 84.9 Å². The van der Waals surface area contributed by atoms with Gasteiger partial charge in [0.2, 0.25) is 11.8 Å². The molecule has 1 aromatic heterocycles. The Balaban J connectivity index is 1.30. The monoisotopic (exact) mass is 400 g/mol. The van der Waals surface area contributed by atoms with Crippen LogP contribution in [0.1, 0.15) is 5.56 Å². The van der Waals surface area contributed by atoms with Crippen LogP contribution in [-0.4, -0.2) is 22.6 Å². The number of ether oxygens (including phenoxy) is 1. The van der Waals surface area contributed by atoms with E-state index >= 15 is 0 Å². The second-order valence-electron chi connectivity index (χ2n) is 6.48. The lowest BCUT2D eigenvalue weighted by atomic mass is 10.2. The van der Waals surface area contributed by atoms with Crippen LogP contribution in [0.2, 0.25) is 0 Å². The molecule has 0 bridgehead atoms. The summed E-state index contributed by atoms with van der Waals surface area (Å²) in [5, 5.41) is 13.5. The molecule has 7 nitrogen and oxygen atoms in total. The van der Waals surface area contributed by atoms with Crippen LogP contribution in [0.5, 0.6) is 5.75 Å². The number of hydrogen-bond donors (Lipinski definition) is 2. The van der Waals surface area contributed by atoms with Crippen LogP contribution in [0.15, 0.2) is 89.3 Å². The molecule has 0 radical (unpaired) electrons. The second kappa shape index (κ2) is 9.38. The average molecular weight is 400 g/mol. The number of amides is 1. The van der Waals surface area contributed by atoms with Crippen molar-refractivity contribution in [2.24, 2.45) is 0 Å². The summed E-state index contributed by atoms with van der Waals surface area (Å²) in [6.45, 7) is 0.586. The third kappa shape index (κ3) is 5.23. The number of carbonyl (C=O) groups excluding carboxylic acids is 1. The van der Waals surface area contributed by atoms with Crippen molar-refractivity contribution in [3.05, 3.63) is 90.5 Å². The molecule has 150 valence electrons. The molecule has 0 aliphatic carbocycles. The molecule has 7 heteroatoms. The molecular formula is C23H20N4O3. The fourth-order valence-corrected chi connectivity index (χ4v) is 2.73. The molecule has 0 saturated heterocycles. The van der Waals surface area contributed by atoms with Gasteiger partial charge in [-0.3, -0.25) is 10.1 Å². The van der Waals surface area contributed by atoms with E-state index in [4.69, 9.17) is 9.15 Å². The van der Waals surface area contributed by atoms with Gasteiger partial charge in [-0.1, -0.05) is 53.6 Å². The number of benzene rings is 3. The van der Waals surface area contributed by atoms with Crippen LogP contribution in [0.3, 0.4) is 0 Å². The van der Waals surface area contributed by atoms with E-state index in [1.54, 1.807) is 0 Å². The van der Waals surface area contributed by atoms with Gasteiger partial charge in [-0.15, -0.1) is 5.10 Å². The minimum atomic E-state index is -0.279. The molecular weight excluding hydrogens is 380 g/mol. The average Bonchev–Trinajstić information content (AvgIpc) is 3.26. The second-order valence-corrected chi connectivity index (χ2v) is 6.48. The molecule has 0 saturated carbocycles. The van der Waals surface area contributed by atoms with Crippen molar-refractivity contribution in [3.8, 4) is 17.2 Å². The van der Waals surface area contributed by atoms with Gasteiger partial charge in [-0.2, -0.15) is 0 Å². The van der Waals surface area contributed by atoms with Crippen molar-refractivity contribution in [2.45, 2.75) is 6.61 Å². The zero-order valence-electron chi connectivity index (χ0n) is 16.1. The molecule has 0 fully saturated rings. The molecule has 0 unspecified atom stereocenters. The quantitative estimate of drug-likeness (QED) is 0.457. The van der Waals surface area contributed by atoms with E-state index in [-0.39, 0.29) is 18.5 Å². The summed E-state index contributed by atoms with van der Waals surface area (Å²) in [5.74, 6) is 0.775. The molecule has 2 N–H and O–H groups in total. The van der Waals surface area contributed by atoms with E-state index in [1.165, 1.54) is 0 Å². The highest BCUT2D eigenvalue weighted by Gasteiger charge is 2.11. The Kier molecular flexibility index (Phi) is 6.00. The lowest BCUT2D eigenvalue weighted by Crippen LogP contribution is -2.21. The maximum absolute atomic E-state index is 12.0. The number of anilines is 2. The predicted molar refractivity (Wildman–Crippen MR) is 114 cm³/mol. The van der Waals surface area contributed by atoms with E-state index < -0.39 is 0 Å². The SMILES string of the molecule is O=C(CNc1ccccc1)Nc1nnc(-c2ccc(OCc3ccccc3)cc2)o1. The first-order valence-corrected chi connectivity index (χ1v) is 9.46. The van der Waals surface area contributed by atoms with Gasteiger partial charge < -0.3 is 14.5 Å². The fraction of sp³-hybridized carbons (Fsp3) is 0.0870. The summed E-state index contributed by atoms with van der Waals surface area (Å²) in [7, 11) is 0. The molecule has 0 aliphatic heterocycles. The topological polar surface area (TPSA) is 89.3 Å². The van der Waals surface area contributed by atoms with E-state index in [0.717, 1.165) is 22.6 Å². The summed E-state index contributed by atoms with van der Waals surface area (Å²) < 4.78 is 11.3. The van der Waals surface area contributed by atoms with Gasteiger partial charge >= 0.3 is 6.01 Å². The highest BCUT2D eigenvalue weighted by atomic mass is 16.5. The highest BCUT2D eigenvalue weighted by Crippen LogP contribution is 2.23. The molecule has 0 atom stereocenters. The highest BCUT2D eigenvalue weighted by molar-refractivity contribution is 5.91. The van der Waals surface area contributed by atoms with Gasteiger partial charge in [0, 0.05) is 11.3 Å². The van der Waals surface area contributed by atoms with Gasteiger partial charge in [0.15, 0.2) is 0 Å². The van der Waals surface area contributed by atoms with Crippen molar-refractivity contribution in [3.63, 3.8) is 0 Å². The van der Waals surface area contributed by atoms with Crippen LogP contribution < -0.4 is 15.4 Å². The third-order valence-electron chi connectivity index (χ3n) is 4.25. The number of aromatic nitrogens is 2. The molecule has 4 rings (SSSR count). The molecule has 0 aliphatic rings. The Bertz CT molecular complexity index is 1080. The third-order valence-corrected chi connectivity index (χ3v) is 4.25. The van der Waals surface area contributed by atoms with E-state index in [9.17, 15) is 4.79 Å². The Morgan fingerprint density at radius 2 is 1.57 bits per heavy atom. The number of hydrogen-bond acceptors (Lipinski definition) is 6. The lowest BCUT2D eigenvalue weighted by molar-refractivity contribution is -0.114. The van der Waals surface area contributed by atoms with E-state index in [0.29, 0.717) is 12.5 Å².